The molecule has 0 aromatic carbocycles. The van der Waals surface area contributed by atoms with Crippen LogP contribution in [0.2, 0.25) is 0 Å². The van der Waals surface area contributed by atoms with Crippen molar-refractivity contribution in [1.29, 1.82) is 0 Å². The van der Waals surface area contributed by atoms with Crippen LogP contribution in [0.1, 0.15) is 48.5 Å². The topological polar surface area (TPSA) is 37.3 Å². The lowest BCUT2D eigenvalue weighted by Crippen LogP contribution is -2.22. The van der Waals surface area contributed by atoms with Crippen molar-refractivity contribution in [2.45, 2.75) is 48.5 Å². The number of hydrogen-bond donors (Lipinski definition) is 1. The Balaban J connectivity index is 2.72. The third-order valence-corrected chi connectivity index (χ3v) is 4.77. The van der Waals surface area contributed by atoms with Crippen molar-refractivity contribution in [2.75, 3.05) is 0 Å². The number of carbonyl (C=O) groups is 1. The van der Waals surface area contributed by atoms with Gasteiger partial charge in [0, 0.05) is 11.5 Å². The summed E-state index contributed by atoms with van der Waals surface area (Å²) >= 11 is 0. The molecule has 0 saturated heterocycles. The van der Waals surface area contributed by atoms with Gasteiger partial charge in [-0.2, -0.15) is 0 Å². The Hall–Kier alpha value is -1.83. The zero-order valence-electron chi connectivity index (χ0n) is 15.3. The van der Waals surface area contributed by atoms with Crippen LogP contribution in [0.25, 0.3) is 0 Å². The number of carbonyl (C=O) groups excluding carboxylic acids is 1. The van der Waals surface area contributed by atoms with Gasteiger partial charge in [-0.25, -0.2) is 0 Å². The normalized spacial score (nSPS) is 25.9. The zero-order valence-corrected chi connectivity index (χ0v) is 15.3. The minimum Gasteiger partial charge on any atom is -0.511 e. The predicted molar refractivity (Wildman–Crippen MR) is 96.1 cm³/mol. The van der Waals surface area contributed by atoms with E-state index in [0.717, 1.165) is 27.9 Å². The number of aliphatic hydroxyl groups excluding tert-OH is 1. The van der Waals surface area contributed by atoms with Gasteiger partial charge < -0.3 is 5.11 Å². The monoisotopic (exact) mass is 312 g/mol. The lowest BCUT2D eigenvalue weighted by atomic mass is 9.74. The fourth-order valence-electron chi connectivity index (χ4n) is 3.55. The Morgan fingerprint density at radius 2 is 1.57 bits per heavy atom. The van der Waals surface area contributed by atoms with E-state index in [0.29, 0.717) is 11.7 Å². The molecule has 2 heteroatoms. The molecule has 0 amide bonds. The lowest BCUT2D eigenvalue weighted by molar-refractivity contribution is -0.112. The van der Waals surface area contributed by atoms with Gasteiger partial charge in [0.2, 0.25) is 0 Å². The van der Waals surface area contributed by atoms with Crippen molar-refractivity contribution in [2.24, 2.45) is 17.8 Å². The molecule has 0 spiro atoms. The van der Waals surface area contributed by atoms with E-state index in [2.05, 4.69) is 34.6 Å². The van der Waals surface area contributed by atoms with Gasteiger partial charge in [-0.05, 0) is 72.6 Å². The molecule has 2 aliphatic carbocycles. The smallest absolute Gasteiger partial charge is 0.185 e. The summed E-state index contributed by atoms with van der Waals surface area (Å²) in [5.74, 6) is 1.06. The van der Waals surface area contributed by atoms with Crippen molar-refractivity contribution >= 4 is 5.78 Å². The fraction of sp³-hybridized carbons (Fsp3) is 0.476. The number of Topliss-reactive ketones (excluding diaryl/α,β-unsaturated/α-hetero) is 1. The first-order chi connectivity index (χ1) is 10.6. The van der Waals surface area contributed by atoms with Crippen molar-refractivity contribution in [3.63, 3.8) is 0 Å². The zero-order chi connectivity index (χ0) is 17.5. The van der Waals surface area contributed by atoms with Crippen LogP contribution in [0.3, 0.4) is 0 Å². The van der Waals surface area contributed by atoms with Crippen LogP contribution >= 0.6 is 0 Å². The molecule has 1 unspecified atom stereocenters. The predicted octanol–water partition coefficient (Wildman–Crippen LogP) is 5.46. The molecule has 0 aromatic heterocycles. The van der Waals surface area contributed by atoms with Gasteiger partial charge in [0.15, 0.2) is 5.78 Å². The van der Waals surface area contributed by atoms with E-state index in [1.54, 1.807) is 0 Å². The first-order valence-corrected chi connectivity index (χ1v) is 8.42. The second kappa shape index (κ2) is 6.35. The number of rotatable bonds is 2. The third kappa shape index (κ3) is 3.12. The Morgan fingerprint density at radius 1 is 0.957 bits per heavy atom. The highest BCUT2D eigenvalue weighted by molar-refractivity contribution is 6.10. The molecular weight excluding hydrogens is 284 g/mol. The molecule has 0 heterocycles. The molecule has 2 aliphatic rings. The summed E-state index contributed by atoms with van der Waals surface area (Å²) in [6.45, 7) is 14.3. The molecule has 23 heavy (non-hydrogen) atoms. The van der Waals surface area contributed by atoms with Crippen LogP contribution < -0.4 is 0 Å². The maximum absolute atomic E-state index is 12.4. The van der Waals surface area contributed by atoms with Gasteiger partial charge in [-0.15, -0.1) is 0 Å². The molecule has 0 radical (unpaired) electrons. The summed E-state index contributed by atoms with van der Waals surface area (Å²) in [4.78, 5) is 12.4. The summed E-state index contributed by atoms with van der Waals surface area (Å²) in [7, 11) is 0. The average molecular weight is 312 g/mol. The van der Waals surface area contributed by atoms with Crippen LogP contribution in [-0.2, 0) is 4.79 Å². The van der Waals surface area contributed by atoms with Crippen molar-refractivity contribution in [3.8, 4) is 0 Å². The summed E-state index contributed by atoms with van der Waals surface area (Å²) in [6, 6.07) is 0. The first-order valence-electron chi connectivity index (χ1n) is 8.42. The second-order valence-corrected chi connectivity index (χ2v) is 7.40. The van der Waals surface area contributed by atoms with E-state index in [9.17, 15) is 9.90 Å². The van der Waals surface area contributed by atoms with Gasteiger partial charge in [0.05, 0.1) is 0 Å². The van der Waals surface area contributed by atoms with Crippen molar-refractivity contribution in [1.82, 2.24) is 0 Å². The molecule has 0 aromatic rings. The van der Waals surface area contributed by atoms with Gasteiger partial charge in [0.1, 0.15) is 5.76 Å². The molecule has 2 nitrogen and oxygen atoms in total. The van der Waals surface area contributed by atoms with Gasteiger partial charge >= 0.3 is 0 Å². The Morgan fingerprint density at radius 3 is 2.09 bits per heavy atom. The second-order valence-electron chi connectivity index (χ2n) is 7.40. The van der Waals surface area contributed by atoms with E-state index in [1.807, 2.05) is 32.1 Å². The van der Waals surface area contributed by atoms with Crippen LogP contribution in [0.4, 0.5) is 0 Å². The molecule has 0 aliphatic heterocycles. The van der Waals surface area contributed by atoms with Gasteiger partial charge in [0.25, 0.3) is 0 Å². The minimum atomic E-state index is -0.0167. The quantitative estimate of drug-likeness (QED) is 0.735. The van der Waals surface area contributed by atoms with Crippen LogP contribution in [-0.4, -0.2) is 10.9 Å². The third-order valence-electron chi connectivity index (χ3n) is 4.77. The van der Waals surface area contributed by atoms with Crippen LogP contribution in [0.5, 0.6) is 0 Å². The molecule has 0 bridgehead atoms. The highest BCUT2D eigenvalue weighted by Gasteiger charge is 2.31. The highest BCUT2D eigenvalue weighted by Crippen LogP contribution is 2.41. The van der Waals surface area contributed by atoms with E-state index in [-0.39, 0.29) is 17.6 Å². The van der Waals surface area contributed by atoms with Crippen LogP contribution in [0.15, 0.2) is 57.4 Å². The Kier molecular flexibility index (Phi) is 4.84. The summed E-state index contributed by atoms with van der Waals surface area (Å²) in [5.41, 5.74) is 5.96. The summed E-state index contributed by atoms with van der Waals surface area (Å²) < 4.78 is 0. The Bertz CT molecular complexity index is 691. The molecule has 1 N–H and O–H groups in total. The Labute approximate surface area is 140 Å². The lowest BCUT2D eigenvalue weighted by Gasteiger charge is -2.31. The number of aliphatic hydroxyl groups is 1. The van der Waals surface area contributed by atoms with E-state index in [4.69, 9.17) is 0 Å². The summed E-state index contributed by atoms with van der Waals surface area (Å²) in [6.07, 6.45) is 6.04. The van der Waals surface area contributed by atoms with Gasteiger partial charge in [-0.3, -0.25) is 4.79 Å². The fourth-order valence-corrected chi connectivity index (χ4v) is 3.55. The molecule has 0 fully saturated rings. The first kappa shape index (κ1) is 17.5. The molecule has 2 rings (SSSR count). The maximum atomic E-state index is 12.4. The van der Waals surface area contributed by atoms with E-state index < -0.39 is 0 Å². The average Bonchev–Trinajstić information content (AvgIpc) is 2.44. The molecule has 1 atom stereocenters. The van der Waals surface area contributed by atoms with E-state index >= 15 is 0 Å². The number of allylic oxidation sites excluding steroid dienone is 9. The largest absolute Gasteiger partial charge is 0.511 e. The van der Waals surface area contributed by atoms with Crippen molar-refractivity contribution in [3.05, 3.63) is 57.4 Å². The van der Waals surface area contributed by atoms with Crippen LogP contribution in [0, 0.1) is 17.8 Å². The molecular formula is C21H28O2. The highest BCUT2D eigenvalue weighted by atomic mass is 16.3. The summed E-state index contributed by atoms with van der Waals surface area (Å²) in [5, 5.41) is 10.6. The maximum Gasteiger partial charge on any atom is 0.185 e. The van der Waals surface area contributed by atoms with E-state index in [1.165, 1.54) is 5.57 Å². The number of hydrogen-bond acceptors (Lipinski definition) is 2. The van der Waals surface area contributed by atoms with Crippen molar-refractivity contribution < 1.29 is 9.90 Å². The van der Waals surface area contributed by atoms with Gasteiger partial charge in [-0.1, -0.05) is 33.8 Å². The number of ketones is 1. The molecule has 124 valence electrons. The molecule has 0 saturated carbocycles. The standard InChI is InChI=1S/C21H28O2/c1-11(2)17-10-16(9-15(7)20(17)22)19-13(5)8-14(6)21(23)18(19)12(3)4/h8-12,18,23H,1-7H3. The SMILES string of the molecule is CC1=CC(=C2C(C)=CC(C)=C(O)C2C(C)C)C=C(C(C)C)C1=O. The minimum absolute atomic E-state index is 0.0167.